The largest absolute Gasteiger partial charge is 0.505 e. The van der Waals surface area contributed by atoms with Crippen molar-refractivity contribution in [3.63, 3.8) is 0 Å². The number of phenolic OH excluding ortho intramolecular Hbond substituents is 1. The summed E-state index contributed by atoms with van der Waals surface area (Å²) in [5, 5.41) is 16.1. The van der Waals surface area contributed by atoms with E-state index in [1.54, 1.807) is 13.2 Å². The topological polar surface area (TPSA) is 70.6 Å². The normalized spacial score (nSPS) is 13.8. The SMILES string of the molecule is CCCNc1cc(OC)c2c(c1O)CCC(=O)N2. The van der Waals surface area contributed by atoms with Crippen LogP contribution in [0.25, 0.3) is 0 Å². The van der Waals surface area contributed by atoms with Crippen LogP contribution in [0.1, 0.15) is 25.3 Å². The summed E-state index contributed by atoms with van der Waals surface area (Å²) in [6, 6.07) is 1.72. The number of rotatable bonds is 4. The number of phenols is 1. The molecule has 1 aliphatic rings. The zero-order valence-corrected chi connectivity index (χ0v) is 10.7. The molecule has 98 valence electrons. The van der Waals surface area contributed by atoms with Gasteiger partial charge in [0.15, 0.2) is 0 Å². The van der Waals surface area contributed by atoms with Crippen molar-refractivity contribution in [2.45, 2.75) is 26.2 Å². The fourth-order valence-electron chi connectivity index (χ4n) is 2.08. The minimum absolute atomic E-state index is 0.0468. The molecule has 5 heteroatoms. The summed E-state index contributed by atoms with van der Waals surface area (Å²) in [5.74, 6) is 0.739. The number of benzene rings is 1. The molecule has 0 saturated carbocycles. The highest BCUT2D eigenvalue weighted by molar-refractivity contribution is 5.97. The van der Waals surface area contributed by atoms with E-state index in [9.17, 15) is 9.90 Å². The van der Waals surface area contributed by atoms with Crippen molar-refractivity contribution >= 4 is 17.3 Å². The molecule has 1 aliphatic heterocycles. The minimum atomic E-state index is -0.0468. The van der Waals surface area contributed by atoms with Gasteiger partial charge >= 0.3 is 0 Å². The van der Waals surface area contributed by atoms with Crippen molar-refractivity contribution in [3.05, 3.63) is 11.6 Å². The Kier molecular flexibility index (Phi) is 3.60. The van der Waals surface area contributed by atoms with E-state index in [-0.39, 0.29) is 11.7 Å². The standard InChI is InChI=1S/C13H18N2O3/c1-3-6-14-9-7-10(18-2)12-8(13(9)17)4-5-11(16)15-12/h7,14,17H,3-6H2,1-2H3,(H,15,16). The lowest BCUT2D eigenvalue weighted by Crippen LogP contribution is -2.20. The van der Waals surface area contributed by atoms with Crippen LogP contribution in [-0.2, 0) is 11.2 Å². The zero-order valence-electron chi connectivity index (χ0n) is 10.7. The molecule has 0 fully saturated rings. The Bertz CT molecular complexity index is 472. The maximum absolute atomic E-state index is 11.4. The number of carbonyl (C=O) groups is 1. The highest BCUT2D eigenvalue weighted by Crippen LogP contribution is 2.43. The van der Waals surface area contributed by atoms with Gasteiger partial charge in [-0.3, -0.25) is 4.79 Å². The van der Waals surface area contributed by atoms with Crippen molar-refractivity contribution in [1.82, 2.24) is 0 Å². The van der Waals surface area contributed by atoms with Crippen LogP contribution in [0.15, 0.2) is 6.07 Å². The first-order valence-electron chi connectivity index (χ1n) is 6.14. The molecule has 5 nitrogen and oxygen atoms in total. The number of ether oxygens (including phenoxy) is 1. The third-order valence-corrected chi connectivity index (χ3v) is 3.02. The number of nitrogens with one attached hydrogen (secondary N) is 2. The predicted molar refractivity (Wildman–Crippen MR) is 70.4 cm³/mol. The van der Waals surface area contributed by atoms with E-state index < -0.39 is 0 Å². The summed E-state index contributed by atoms with van der Waals surface area (Å²) in [6.45, 7) is 2.84. The lowest BCUT2D eigenvalue weighted by atomic mass is 10.00. The van der Waals surface area contributed by atoms with E-state index in [1.807, 2.05) is 0 Å². The first-order valence-corrected chi connectivity index (χ1v) is 6.14. The summed E-state index contributed by atoms with van der Waals surface area (Å²) >= 11 is 0. The maximum Gasteiger partial charge on any atom is 0.224 e. The average Bonchev–Trinajstić information content (AvgIpc) is 2.38. The summed E-state index contributed by atoms with van der Waals surface area (Å²) in [4.78, 5) is 11.4. The number of amides is 1. The number of fused-ring (bicyclic) bond motifs is 1. The molecule has 0 saturated heterocycles. The predicted octanol–water partition coefficient (Wildman–Crippen LogP) is 2.11. The molecule has 18 heavy (non-hydrogen) atoms. The first-order chi connectivity index (χ1) is 8.67. The Morgan fingerprint density at radius 3 is 2.94 bits per heavy atom. The second-order valence-corrected chi connectivity index (χ2v) is 4.30. The van der Waals surface area contributed by atoms with Gasteiger partial charge < -0.3 is 20.5 Å². The van der Waals surface area contributed by atoms with E-state index in [2.05, 4.69) is 17.6 Å². The van der Waals surface area contributed by atoms with Crippen LogP contribution < -0.4 is 15.4 Å². The number of anilines is 2. The maximum atomic E-state index is 11.4. The third kappa shape index (κ3) is 2.20. The van der Waals surface area contributed by atoms with Gasteiger partial charge in [0, 0.05) is 24.6 Å². The molecule has 0 atom stereocenters. The highest BCUT2D eigenvalue weighted by Gasteiger charge is 2.24. The van der Waals surface area contributed by atoms with Gasteiger partial charge in [-0.25, -0.2) is 0 Å². The Morgan fingerprint density at radius 2 is 2.28 bits per heavy atom. The van der Waals surface area contributed by atoms with Crippen LogP contribution in [0.2, 0.25) is 0 Å². The summed E-state index contributed by atoms with van der Waals surface area (Å²) in [7, 11) is 1.55. The Labute approximate surface area is 106 Å². The number of carbonyl (C=O) groups excluding carboxylic acids is 1. The molecule has 1 amide bonds. The van der Waals surface area contributed by atoms with Crippen LogP contribution >= 0.6 is 0 Å². The molecule has 3 N–H and O–H groups in total. The van der Waals surface area contributed by atoms with Gasteiger partial charge in [-0.2, -0.15) is 0 Å². The Balaban J connectivity index is 2.44. The zero-order chi connectivity index (χ0) is 13.1. The van der Waals surface area contributed by atoms with Crippen LogP contribution in [0.3, 0.4) is 0 Å². The van der Waals surface area contributed by atoms with Crippen molar-refractivity contribution in [3.8, 4) is 11.5 Å². The van der Waals surface area contributed by atoms with Crippen LogP contribution in [0.5, 0.6) is 11.5 Å². The van der Waals surface area contributed by atoms with E-state index in [4.69, 9.17) is 4.74 Å². The van der Waals surface area contributed by atoms with Gasteiger partial charge in [0.1, 0.15) is 11.5 Å². The van der Waals surface area contributed by atoms with Gasteiger partial charge in [-0.1, -0.05) is 6.92 Å². The third-order valence-electron chi connectivity index (χ3n) is 3.02. The fraction of sp³-hybridized carbons (Fsp3) is 0.462. The molecule has 2 rings (SSSR count). The second kappa shape index (κ2) is 5.16. The molecular formula is C13H18N2O3. The smallest absolute Gasteiger partial charge is 0.224 e. The lowest BCUT2D eigenvalue weighted by molar-refractivity contribution is -0.116. The number of methoxy groups -OCH3 is 1. The first kappa shape index (κ1) is 12.5. The van der Waals surface area contributed by atoms with Gasteiger partial charge in [0.05, 0.1) is 18.5 Å². The molecule has 1 aromatic carbocycles. The fourth-order valence-corrected chi connectivity index (χ4v) is 2.08. The Morgan fingerprint density at radius 1 is 1.50 bits per heavy atom. The van der Waals surface area contributed by atoms with E-state index in [0.29, 0.717) is 30.0 Å². The molecule has 1 heterocycles. The van der Waals surface area contributed by atoms with Crippen molar-refractivity contribution < 1.29 is 14.6 Å². The summed E-state index contributed by atoms with van der Waals surface area (Å²) in [6.07, 6.45) is 1.89. The van der Waals surface area contributed by atoms with E-state index in [1.165, 1.54) is 0 Å². The van der Waals surface area contributed by atoms with Crippen LogP contribution in [0.4, 0.5) is 11.4 Å². The Hall–Kier alpha value is -1.91. The minimum Gasteiger partial charge on any atom is -0.505 e. The molecule has 0 aliphatic carbocycles. The van der Waals surface area contributed by atoms with Gasteiger partial charge in [0.2, 0.25) is 5.91 Å². The average molecular weight is 250 g/mol. The van der Waals surface area contributed by atoms with Gasteiger partial charge in [-0.15, -0.1) is 0 Å². The van der Waals surface area contributed by atoms with Gasteiger partial charge in [-0.05, 0) is 12.8 Å². The van der Waals surface area contributed by atoms with Gasteiger partial charge in [0.25, 0.3) is 0 Å². The molecule has 1 aromatic rings. The number of aromatic hydroxyl groups is 1. The monoisotopic (exact) mass is 250 g/mol. The van der Waals surface area contributed by atoms with Crippen molar-refractivity contribution in [2.24, 2.45) is 0 Å². The highest BCUT2D eigenvalue weighted by atomic mass is 16.5. The second-order valence-electron chi connectivity index (χ2n) is 4.30. The summed E-state index contributed by atoms with van der Waals surface area (Å²) in [5.41, 5.74) is 1.99. The van der Waals surface area contributed by atoms with E-state index in [0.717, 1.165) is 18.5 Å². The van der Waals surface area contributed by atoms with Crippen LogP contribution in [0, 0.1) is 0 Å². The number of hydrogen-bond donors (Lipinski definition) is 3. The lowest BCUT2D eigenvalue weighted by Gasteiger charge is -2.22. The number of hydrogen-bond acceptors (Lipinski definition) is 4. The molecule has 0 radical (unpaired) electrons. The molecule has 0 spiro atoms. The molecule has 0 bridgehead atoms. The summed E-state index contributed by atoms with van der Waals surface area (Å²) < 4.78 is 5.27. The van der Waals surface area contributed by atoms with E-state index >= 15 is 0 Å². The molecule has 0 aromatic heterocycles. The van der Waals surface area contributed by atoms with Crippen molar-refractivity contribution in [1.29, 1.82) is 0 Å². The van der Waals surface area contributed by atoms with Crippen molar-refractivity contribution in [2.75, 3.05) is 24.3 Å². The quantitative estimate of drug-likeness (QED) is 0.716. The molecular weight excluding hydrogens is 232 g/mol. The molecule has 0 unspecified atom stereocenters. The van der Waals surface area contributed by atoms with Crippen LogP contribution in [-0.4, -0.2) is 24.7 Å².